The number of thioether (sulfide) groups is 1. The molecule has 4 aromatic rings. The molecule has 154 valence electrons. The van der Waals surface area contributed by atoms with Crippen LogP contribution >= 0.6 is 23.1 Å². The van der Waals surface area contributed by atoms with E-state index >= 15 is 0 Å². The zero-order valence-electron chi connectivity index (χ0n) is 16.6. The Balaban J connectivity index is 1.35. The number of piperidine rings is 1. The van der Waals surface area contributed by atoms with Crippen molar-refractivity contribution in [3.05, 3.63) is 65.6 Å². The maximum atomic E-state index is 5.60. The van der Waals surface area contributed by atoms with E-state index in [-0.39, 0.29) is 0 Å². The number of rotatable bonds is 7. The van der Waals surface area contributed by atoms with Crippen LogP contribution in [0.2, 0.25) is 0 Å². The second-order valence-electron chi connectivity index (χ2n) is 7.29. The van der Waals surface area contributed by atoms with Gasteiger partial charge in [-0.2, -0.15) is 0 Å². The minimum Gasteiger partial charge on any atom is -0.467 e. The average molecular weight is 438 g/mol. The van der Waals surface area contributed by atoms with E-state index in [1.165, 1.54) is 19.3 Å². The summed E-state index contributed by atoms with van der Waals surface area (Å²) in [5, 5.41) is 13.2. The molecule has 3 aromatic heterocycles. The second-order valence-corrected chi connectivity index (χ2v) is 9.10. The SMILES string of the molecule is c1ccc(-c2nc(CSc3nnc(N4CCCCC4)n3Cc3ccco3)cs2)cc1. The summed E-state index contributed by atoms with van der Waals surface area (Å²) in [4.78, 5) is 7.16. The van der Waals surface area contributed by atoms with Gasteiger partial charge in [0.2, 0.25) is 5.95 Å². The fourth-order valence-electron chi connectivity index (χ4n) is 3.64. The molecule has 1 aliphatic heterocycles. The van der Waals surface area contributed by atoms with Crippen molar-refractivity contribution >= 4 is 29.0 Å². The van der Waals surface area contributed by atoms with Gasteiger partial charge in [-0.3, -0.25) is 4.57 Å². The third kappa shape index (κ3) is 4.29. The fraction of sp³-hybridized carbons (Fsp3) is 0.318. The number of hydrogen-bond donors (Lipinski definition) is 0. The van der Waals surface area contributed by atoms with Gasteiger partial charge in [0, 0.05) is 29.8 Å². The van der Waals surface area contributed by atoms with E-state index < -0.39 is 0 Å². The van der Waals surface area contributed by atoms with Gasteiger partial charge in [0.05, 0.1) is 18.5 Å². The Kier molecular flexibility index (Phi) is 5.85. The number of anilines is 1. The number of thiazole rings is 1. The Morgan fingerprint density at radius 3 is 2.67 bits per heavy atom. The molecule has 1 aromatic carbocycles. The zero-order chi connectivity index (χ0) is 20.2. The monoisotopic (exact) mass is 437 g/mol. The van der Waals surface area contributed by atoms with Gasteiger partial charge >= 0.3 is 0 Å². The zero-order valence-corrected chi connectivity index (χ0v) is 18.2. The van der Waals surface area contributed by atoms with Crippen molar-refractivity contribution in [3.8, 4) is 10.6 Å². The number of aromatic nitrogens is 4. The predicted molar refractivity (Wildman–Crippen MR) is 121 cm³/mol. The Hall–Kier alpha value is -2.58. The summed E-state index contributed by atoms with van der Waals surface area (Å²) in [6.45, 7) is 2.71. The van der Waals surface area contributed by atoms with Crippen LogP contribution < -0.4 is 4.90 Å². The highest BCUT2D eigenvalue weighted by molar-refractivity contribution is 7.98. The van der Waals surface area contributed by atoms with Crippen LogP contribution in [-0.4, -0.2) is 32.8 Å². The molecule has 0 aliphatic carbocycles. The van der Waals surface area contributed by atoms with Gasteiger partial charge in [-0.1, -0.05) is 42.1 Å². The van der Waals surface area contributed by atoms with Crippen LogP contribution in [0.4, 0.5) is 5.95 Å². The summed E-state index contributed by atoms with van der Waals surface area (Å²) >= 11 is 3.36. The summed E-state index contributed by atoms with van der Waals surface area (Å²) in [5.74, 6) is 2.62. The van der Waals surface area contributed by atoms with Gasteiger partial charge in [-0.25, -0.2) is 4.98 Å². The Morgan fingerprint density at radius 2 is 1.87 bits per heavy atom. The highest BCUT2D eigenvalue weighted by atomic mass is 32.2. The van der Waals surface area contributed by atoms with Crippen LogP contribution in [0, 0.1) is 0 Å². The molecule has 1 fully saturated rings. The molecule has 8 heteroatoms. The van der Waals surface area contributed by atoms with Gasteiger partial charge in [0.25, 0.3) is 0 Å². The molecule has 30 heavy (non-hydrogen) atoms. The smallest absolute Gasteiger partial charge is 0.228 e. The van der Waals surface area contributed by atoms with E-state index in [9.17, 15) is 0 Å². The molecule has 0 saturated carbocycles. The fourth-order valence-corrected chi connectivity index (χ4v) is 5.39. The van der Waals surface area contributed by atoms with Crippen molar-refractivity contribution in [1.29, 1.82) is 0 Å². The number of furan rings is 1. The van der Waals surface area contributed by atoms with E-state index in [1.807, 2.05) is 30.3 Å². The van der Waals surface area contributed by atoms with Crippen molar-refractivity contribution in [2.45, 2.75) is 36.7 Å². The van der Waals surface area contributed by atoms with E-state index in [0.717, 1.165) is 52.0 Å². The Labute approximate surface area is 184 Å². The molecule has 0 radical (unpaired) electrons. The van der Waals surface area contributed by atoms with Crippen LogP contribution in [0.25, 0.3) is 10.6 Å². The van der Waals surface area contributed by atoms with Crippen molar-refractivity contribution in [1.82, 2.24) is 19.7 Å². The van der Waals surface area contributed by atoms with Crippen LogP contribution in [0.1, 0.15) is 30.7 Å². The number of benzene rings is 1. The molecule has 0 atom stereocenters. The maximum absolute atomic E-state index is 5.60. The first-order valence-corrected chi connectivity index (χ1v) is 12.1. The molecule has 1 aliphatic rings. The molecule has 0 unspecified atom stereocenters. The van der Waals surface area contributed by atoms with E-state index in [4.69, 9.17) is 9.40 Å². The minimum atomic E-state index is 0.639. The van der Waals surface area contributed by atoms with Crippen molar-refractivity contribution in [2.75, 3.05) is 18.0 Å². The average Bonchev–Trinajstić information content (AvgIpc) is 3.56. The molecular weight excluding hydrogens is 414 g/mol. The molecule has 0 amide bonds. The lowest BCUT2D eigenvalue weighted by Gasteiger charge is -2.27. The minimum absolute atomic E-state index is 0.639. The standard InChI is InChI=1S/C22H23N5OS2/c1-3-8-17(9-4-1)20-23-18(15-29-20)16-30-22-25-24-21(26-11-5-2-6-12-26)27(22)14-19-10-7-13-28-19/h1,3-4,7-10,13,15H,2,5-6,11-12,14,16H2. The molecule has 0 bridgehead atoms. The van der Waals surface area contributed by atoms with Gasteiger partial charge in [0.15, 0.2) is 5.16 Å². The highest BCUT2D eigenvalue weighted by Gasteiger charge is 2.21. The summed E-state index contributed by atoms with van der Waals surface area (Å²) in [6.07, 6.45) is 5.42. The largest absolute Gasteiger partial charge is 0.467 e. The molecule has 0 N–H and O–H groups in total. The van der Waals surface area contributed by atoms with Crippen LogP contribution in [-0.2, 0) is 12.3 Å². The van der Waals surface area contributed by atoms with Gasteiger partial charge in [0.1, 0.15) is 10.8 Å². The summed E-state index contributed by atoms with van der Waals surface area (Å²) in [7, 11) is 0. The molecule has 1 saturated heterocycles. The molecule has 4 heterocycles. The first-order valence-electron chi connectivity index (χ1n) is 10.2. The lowest BCUT2D eigenvalue weighted by molar-refractivity contribution is 0.479. The first kappa shape index (κ1) is 19.4. The van der Waals surface area contributed by atoms with Gasteiger partial charge in [-0.15, -0.1) is 21.5 Å². The third-order valence-corrected chi connectivity index (χ3v) is 7.09. The third-order valence-electron chi connectivity index (χ3n) is 5.15. The van der Waals surface area contributed by atoms with Crippen LogP contribution in [0.3, 0.4) is 0 Å². The predicted octanol–water partition coefficient (Wildman–Crippen LogP) is 5.33. The Bertz CT molecular complexity index is 1070. The van der Waals surface area contributed by atoms with Gasteiger partial charge < -0.3 is 9.32 Å². The molecular formula is C22H23N5OS2. The van der Waals surface area contributed by atoms with E-state index in [1.54, 1.807) is 29.4 Å². The quantitative estimate of drug-likeness (QED) is 0.365. The second kappa shape index (κ2) is 9.06. The van der Waals surface area contributed by atoms with Crippen molar-refractivity contribution in [3.63, 3.8) is 0 Å². The van der Waals surface area contributed by atoms with E-state index in [2.05, 4.69) is 37.2 Å². The molecule has 5 rings (SSSR count). The molecule has 0 spiro atoms. The number of nitrogens with zero attached hydrogens (tertiary/aromatic N) is 5. The van der Waals surface area contributed by atoms with Gasteiger partial charge in [-0.05, 0) is 31.4 Å². The van der Waals surface area contributed by atoms with Crippen molar-refractivity contribution < 1.29 is 4.42 Å². The summed E-state index contributed by atoms with van der Waals surface area (Å²) in [5.41, 5.74) is 2.23. The topological polar surface area (TPSA) is 60.0 Å². The maximum Gasteiger partial charge on any atom is 0.228 e. The lowest BCUT2D eigenvalue weighted by atomic mass is 10.1. The van der Waals surface area contributed by atoms with E-state index in [0.29, 0.717) is 6.54 Å². The highest BCUT2D eigenvalue weighted by Crippen LogP contribution is 2.30. The number of hydrogen-bond acceptors (Lipinski definition) is 7. The Morgan fingerprint density at radius 1 is 1.00 bits per heavy atom. The first-order chi connectivity index (χ1) is 14.9. The lowest BCUT2D eigenvalue weighted by Crippen LogP contribution is -2.32. The van der Waals surface area contributed by atoms with Crippen LogP contribution in [0.5, 0.6) is 0 Å². The summed E-state index contributed by atoms with van der Waals surface area (Å²) in [6, 6.07) is 14.2. The van der Waals surface area contributed by atoms with Crippen molar-refractivity contribution in [2.24, 2.45) is 0 Å². The van der Waals surface area contributed by atoms with Crippen LogP contribution in [0.15, 0.2) is 63.7 Å². The summed E-state index contributed by atoms with van der Waals surface area (Å²) < 4.78 is 7.78. The molecule has 6 nitrogen and oxygen atoms in total. The normalized spacial score (nSPS) is 14.3.